The van der Waals surface area contributed by atoms with Crippen LogP contribution in [-0.2, 0) is 10.2 Å². The number of anilines is 1. The zero-order valence-electron chi connectivity index (χ0n) is 18.7. The van der Waals surface area contributed by atoms with Gasteiger partial charge in [-0.2, -0.15) is 0 Å². The number of allylic oxidation sites excluding steroid dienone is 2. The highest BCUT2D eigenvalue weighted by molar-refractivity contribution is 8.00. The van der Waals surface area contributed by atoms with Crippen molar-refractivity contribution in [3.8, 4) is 0 Å². The Hall–Kier alpha value is -2.08. The number of nitrogens with zero attached hydrogens (tertiary/aromatic N) is 4. The Morgan fingerprint density at radius 1 is 1.20 bits per heavy atom. The molecule has 2 heterocycles. The lowest BCUT2D eigenvalue weighted by Gasteiger charge is -2.26. The van der Waals surface area contributed by atoms with Crippen LogP contribution in [0.15, 0.2) is 41.2 Å². The van der Waals surface area contributed by atoms with Crippen LogP contribution in [0.5, 0.6) is 0 Å². The van der Waals surface area contributed by atoms with Crippen molar-refractivity contribution in [1.82, 2.24) is 14.8 Å². The fraction of sp³-hybridized carbons (Fsp3) is 0.542. The molecule has 4 rings (SSSR count). The van der Waals surface area contributed by atoms with Crippen molar-refractivity contribution in [3.05, 3.63) is 47.4 Å². The average molecular weight is 425 g/mol. The molecule has 1 aliphatic carbocycles. The quantitative estimate of drug-likeness (QED) is 0.472. The van der Waals surface area contributed by atoms with E-state index in [9.17, 15) is 4.79 Å². The Morgan fingerprint density at radius 2 is 1.90 bits per heavy atom. The van der Waals surface area contributed by atoms with Crippen molar-refractivity contribution < 1.29 is 4.79 Å². The molecule has 30 heavy (non-hydrogen) atoms. The summed E-state index contributed by atoms with van der Waals surface area (Å²) in [5.41, 5.74) is 3.30. The molecule has 160 valence electrons. The summed E-state index contributed by atoms with van der Waals surface area (Å²) in [6.07, 6.45) is 8.02. The van der Waals surface area contributed by atoms with Gasteiger partial charge in [-0.25, -0.2) is 0 Å². The standard InChI is InChI=1S/C24H32N4OS/c1-16(30-23-26-25-17(2)28(23)18-11-7-6-8-12-18)21(29)15-22-24(3,4)19-13-9-10-14-20(19)27(22)5/h9-10,13-16,18H,6-8,11-12H2,1-5H3/b22-15-. The van der Waals surface area contributed by atoms with Crippen LogP contribution in [0.2, 0.25) is 0 Å². The zero-order chi connectivity index (χ0) is 21.5. The molecule has 2 aromatic rings. The first-order valence-electron chi connectivity index (χ1n) is 11.0. The van der Waals surface area contributed by atoms with E-state index in [2.05, 4.69) is 57.8 Å². The lowest BCUT2D eigenvalue weighted by Crippen LogP contribution is -2.25. The Kier molecular flexibility index (Phi) is 5.80. The third-order valence-corrected chi connectivity index (χ3v) is 7.75. The minimum atomic E-state index is -0.212. The highest BCUT2D eigenvalue weighted by Crippen LogP contribution is 2.46. The number of rotatable bonds is 5. The number of fused-ring (bicyclic) bond motifs is 1. The van der Waals surface area contributed by atoms with E-state index in [1.165, 1.54) is 55.1 Å². The molecule has 0 N–H and O–H groups in total. The van der Waals surface area contributed by atoms with Gasteiger partial charge < -0.3 is 9.47 Å². The van der Waals surface area contributed by atoms with Gasteiger partial charge in [-0.3, -0.25) is 4.79 Å². The van der Waals surface area contributed by atoms with Crippen LogP contribution in [0.1, 0.15) is 70.3 Å². The summed E-state index contributed by atoms with van der Waals surface area (Å²) in [7, 11) is 2.05. The van der Waals surface area contributed by atoms with Gasteiger partial charge in [-0.15, -0.1) is 10.2 Å². The number of thioether (sulfide) groups is 1. The number of para-hydroxylation sites is 1. The normalized spacial score (nSPS) is 21.1. The SMILES string of the molecule is Cc1nnc(SC(C)C(=O)/C=C2\N(C)c3ccccc3C2(C)C)n1C1CCCCC1. The Balaban J connectivity index is 1.54. The second kappa shape index (κ2) is 8.22. The first kappa shape index (κ1) is 21.2. The summed E-state index contributed by atoms with van der Waals surface area (Å²) in [5.74, 6) is 1.08. The van der Waals surface area contributed by atoms with Crippen LogP contribution < -0.4 is 4.90 Å². The van der Waals surface area contributed by atoms with Crippen molar-refractivity contribution in [2.75, 3.05) is 11.9 Å². The van der Waals surface area contributed by atoms with Gasteiger partial charge in [0.05, 0.1) is 5.25 Å². The zero-order valence-corrected chi connectivity index (χ0v) is 19.5. The van der Waals surface area contributed by atoms with Crippen molar-refractivity contribution in [2.24, 2.45) is 0 Å². The number of aryl methyl sites for hydroxylation is 1. The van der Waals surface area contributed by atoms with Gasteiger partial charge in [0, 0.05) is 36.0 Å². The number of likely N-dealkylation sites (N-methyl/N-ethyl adjacent to an activating group) is 1. The Bertz CT molecular complexity index is 971. The van der Waals surface area contributed by atoms with Crippen molar-refractivity contribution >= 4 is 23.2 Å². The van der Waals surface area contributed by atoms with Gasteiger partial charge in [-0.1, -0.05) is 63.1 Å². The molecular weight excluding hydrogens is 392 g/mol. The number of carbonyl (C=O) groups is 1. The molecule has 1 atom stereocenters. The number of benzene rings is 1. The molecular formula is C24H32N4OS. The van der Waals surface area contributed by atoms with Gasteiger partial charge in [0.15, 0.2) is 10.9 Å². The van der Waals surface area contributed by atoms with E-state index < -0.39 is 0 Å². The van der Waals surface area contributed by atoms with E-state index in [1.54, 1.807) is 0 Å². The van der Waals surface area contributed by atoms with Crippen LogP contribution in [0.25, 0.3) is 0 Å². The summed E-state index contributed by atoms with van der Waals surface area (Å²) < 4.78 is 2.27. The molecule has 0 saturated heterocycles. The number of ketones is 1. The number of hydrogen-bond acceptors (Lipinski definition) is 5. The maximum atomic E-state index is 13.2. The summed E-state index contributed by atoms with van der Waals surface area (Å²) in [6, 6.07) is 8.86. The van der Waals surface area contributed by atoms with Gasteiger partial charge >= 0.3 is 0 Å². The molecule has 1 saturated carbocycles. The molecule has 1 unspecified atom stereocenters. The van der Waals surface area contributed by atoms with E-state index in [0.29, 0.717) is 6.04 Å². The highest BCUT2D eigenvalue weighted by Gasteiger charge is 2.39. The molecule has 0 radical (unpaired) electrons. The lowest BCUT2D eigenvalue weighted by atomic mass is 9.83. The topological polar surface area (TPSA) is 51.0 Å². The van der Waals surface area contributed by atoms with Crippen LogP contribution >= 0.6 is 11.8 Å². The molecule has 1 aromatic carbocycles. The molecule has 6 heteroatoms. The molecule has 1 fully saturated rings. The predicted octanol–water partition coefficient (Wildman–Crippen LogP) is 5.45. The summed E-state index contributed by atoms with van der Waals surface area (Å²) in [5, 5.41) is 9.40. The monoisotopic (exact) mass is 424 g/mol. The van der Waals surface area contributed by atoms with Gasteiger partial charge in [-0.05, 0) is 38.3 Å². The summed E-state index contributed by atoms with van der Waals surface area (Å²) in [6.45, 7) is 8.38. The maximum Gasteiger partial charge on any atom is 0.192 e. The molecule has 1 aliphatic heterocycles. The van der Waals surface area contributed by atoms with Crippen molar-refractivity contribution in [1.29, 1.82) is 0 Å². The number of hydrogen-bond donors (Lipinski definition) is 0. The summed E-state index contributed by atoms with van der Waals surface area (Å²) >= 11 is 1.54. The second-order valence-corrected chi connectivity index (χ2v) is 10.4. The Labute approximate surface area is 183 Å². The van der Waals surface area contributed by atoms with Gasteiger partial charge in [0.25, 0.3) is 0 Å². The fourth-order valence-electron chi connectivity index (χ4n) is 4.92. The molecule has 2 aliphatic rings. The minimum Gasteiger partial charge on any atom is -0.347 e. The number of carbonyl (C=O) groups excluding carboxylic acids is 1. The average Bonchev–Trinajstić information content (AvgIpc) is 3.19. The van der Waals surface area contributed by atoms with E-state index >= 15 is 0 Å². The second-order valence-electron chi connectivity index (χ2n) is 9.08. The molecule has 5 nitrogen and oxygen atoms in total. The molecule has 0 spiro atoms. The minimum absolute atomic E-state index is 0.124. The van der Waals surface area contributed by atoms with Crippen LogP contribution in [0.4, 0.5) is 5.69 Å². The maximum absolute atomic E-state index is 13.2. The first-order chi connectivity index (χ1) is 14.3. The fourth-order valence-corrected chi connectivity index (χ4v) is 5.90. The largest absolute Gasteiger partial charge is 0.347 e. The van der Waals surface area contributed by atoms with Crippen LogP contribution in [0, 0.1) is 6.92 Å². The van der Waals surface area contributed by atoms with E-state index in [-0.39, 0.29) is 16.4 Å². The van der Waals surface area contributed by atoms with Crippen LogP contribution in [-0.4, -0.2) is 32.8 Å². The lowest BCUT2D eigenvalue weighted by molar-refractivity contribution is -0.114. The summed E-state index contributed by atoms with van der Waals surface area (Å²) in [4.78, 5) is 15.4. The molecule has 1 aromatic heterocycles. The van der Waals surface area contributed by atoms with E-state index in [1.807, 2.05) is 27.0 Å². The third-order valence-electron chi connectivity index (χ3n) is 6.68. The van der Waals surface area contributed by atoms with E-state index in [4.69, 9.17) is 0 Å². The first-order valence-corrected chi connectivity index (χ1v) is 11.9. The third kappa shape index (κ3) is 3.70. The van der Waals surface area contributed by atoms with Crippen molar-refractivity contribution in [3.63, 3.8) is 0 Å². The molecule has 0 bridgehead atoms. The van der Waals surface area contributed by atoms with Crippen molar-refractivity contribution in [2.45, 2.75) is 81.7 Å². The molecule has 0 amide bonds. The highest BCUT2D eigenvalue weighted by atomic mass is 32.2. The predicted molar refractivity (Wildman–Crippen MR) is 123 cm³/mol. The van der Waals surface area contributed by atoms with E-state index in [0.717, 1.165) is 16.7 Å². The smallest absolute Gasteiger partial charge is 0.192 e. The van der Waals surface area contributed by atoms with Gasteiger partial charge in [0.1, 0.15) is 5.82 Å². The Morgan fingerprint density at radius 3 is 2.60 bits per heavy atom. The van der Waals surface area contributed by atoms with Gasteiger partial charge in [0.2, 0.25) is 0 Å². The van der Waals surface area contributed by atoms with Crippen LogP contribution in [0.3, 0.4) is 0 Å². The number of aromatic nitrogens is 3.